The number of piperazine rings is 1. The Balaban J connectivity index is 2.15. The third kappa shape index (κ3) is 3.19. The van der Waals surface area contributed by atoms with Gasteiger partial charge in [0.05, 0.1) is 12.0 Å². The van der Waals surface area contributed by atoms with E-state index < -0.39 is 0 Å². The SMILES string of the molecule is CCC(c1nc(C2CN(C)CCN2C)no1)C(C)NC. The van der Waals surface area contributed by atoms with Crippen LogP contribution in [0.5, 0.6) is 0 Å². The standard InChI is InChI=1S/C14H27N5O/c1-6-11(10(2)15-3)14-16-13(17-20-14)12-9-18(4)7-8-19(12)5/h10-12,15H,6-9H2,1-5H3. The van der Waals surface area contributed by atoms with Crippen LogP contribution in [0.3, 0.4) is 0 Å². The van der Waals surface area contributed by atoms with Gasteiger partial charge in [-0.05, 0) is 34.5 Å². The number of nitrogens with zero attached hydrogens (tertiary/aromatic N) is 4. The van der Waals surface area contributed by atoms with Crippen LogP contribution in [0.25, 0.3) is 0 Å². The van der Waals surface area contributed by atoms with E-state index in [1.54, 1.807) is 0 Å². The lowest BCUT2D eigenvalue weighted by Gasteiger charge is -2.35. The van der Waals surface area contributed by atoms with Gasteiger partial charge >= 0.3 is 0 Å². The molecule has 2 rings (SSSR count). The molecule has 6 nitrogen and oxygen atoms in total. The van der Waals surface area contributed by atoms with E-state index in [1.807, 2.05) is 7.05 Å². The molecule has 0 aromatic carbocycles. The number of nitrogens with one attached hydrogen (secondary N) is 1. The van der Waals surface area contributed by atoms with Crippen molar-refractivity contribution in [1.29, 1.82) is 0 Å². The minimum absolute atomic E-state index is 0.230. The minimum Gasteiger partial charge on any atom is -0.339 e. The molecule has 114 valence electrons. The van der Waals surface area contributed by atoms with Crippen LogP contribution in [0, 0.1) is 0 Å². The zero-order valence-corrected chi connectivity index (χ0v) is 13.3. The Morgan fingerprint density at radius 3 is 2.80 bits per heavy atom. The van der Waals surface area contributed by atoms with Crippen LogP contribution >= 0.6 is 0 Å². The van der Waals surface area contributed by atoms with Crippen molar-refractivity contribution in [3.05, 3.63) is 11.7 Å². The topological polar surface area (TPSA) is 57.4 Å². The van der Waals surface area contributed by atoms with Gasteiger partial charge in [-0.25, -0.2) is 0 Å². The second-order valence-electron chi connectivity index (χ2n) is 5.84. The predicted molar refractivity (Wildman–Crippen MR) is 78.7 cm³/mol. The average molecular weight is 281 g/mol. The van der Waals surface area contributed by atoms with Crippen LogP contribution in [-0.4, -0.2) is 66.8 Å². The van der Waals surface area contributed by atoms with Crippen molar-refractivity contribution in [3.8, 4) is 0 Å². The summed E-state index contributed by atoms with van der Waals surface area (Å²) in [7, 11) is 6.23. The van der Waals surface area contributed by atoms with E-state index in [2.05, 4.69) is 53.2 Å². The Hall–Kier alpha value is -0.980. The van der Waals surface area contributed by atoms with Crippen LogP contribution in [0.15, 0.2) is 4.52 Å². The molecule has 2 heterocycles. The highest BCUT2D eigenvalue weighted by Gasteiger charge is 2.30. The molecule has 1 fully saturated rings. The lowest BCUT2D eigenvalue weighted by molar-refractivity contribution is 0.108. The summed E-state index contributed by atoms with van der Waals surface area (Å²) < 4.78 is 5.53. The van der Waals surface area contributed by atoms with Gasteiger partial charge in [-0.1, -0.05) is 12.1 Å². The van der Waals surface area contributed by atoms with E-state index in [9.17, 15) is 0 Å². The summed E-state index contributed by atoms with van der Waals surface area (Å²) >= 11 is 0. The predicted octanol–water partition coefficient (Wildman–Crippen LogP) is 1.09. The van der Waals surface area contributed by atoms with Crippen molar-refractivity contribution in [2.75, 3.05) is 40.8 Å². The molecule has 0 amide bonds. The van der Waals surface area contributed by atoms with Gasteiger partial charge in [-0.15, -0.1) is 0 Å². The molecule has 1 aliphatic heterocycles. The molecule has 1 N–H and O–H groups in total. The summed E-state index contributed by atoms with van der Waals surface area (Å²) in [6, 6.07) is 0.564. The highest BCUT2D eigenvalue weighted by molar-refractivity contribution is 5.02. The molecule has 1 aromatic heterocycles. The number of aromatic nitrogens is 2. The Morgan fingerprint density at radius 2 is 2.15 bits per heavy atom. The summed E-state index contributed by atoms with van der Waals surface area (Å²) in [5.41, 5.74) is 0. The third-order valence-corrected chi connectivity index (χ3v) is 4.42. The zero-order chi connectivity index (χ0) is 14.7. The number of rotatable bonds is 5. The van der Waals surface area contributed by atoms with E-state index in [0.717, 1.165) is 37.8 Å². The van der Waals surface area contributed by atoms with Crippen LogP contribution in [0.4, 0.5) is 0 Å². The van der Waals surface area contributed by atoms with Gasteiger partial charge in [0.2, 0.25) is 5.89 Å². The maximum absolute atomic E-state index is 5.53. The van der Waals surface area contributed by atoms with E-state index >= 15 is 0 Å². The summed E-state index contributed by atoms with van der Waals surface area (Å²) in [4.78, 5) is 9.29. The quantitative estimate of drug-likeness (QED) is 0.872. The molecule has 1 aliphatic rings. The van der Waals surface area contributed by atoms with Crippen molar-refractivity contribution in [3.63, 3.8) is 0 Å². The summed E-state index contributed by atoms with van der Waals surface area (Å²) in [5.74, 6) is 1.84. The summed E-state index contributed by atoms with van der Waals surface area (Å²) in [5, 5.41) is 7.50. The van der Waals surface area contributed by atoms with Crippen LogP contribution in [0.2, 0.25) is 0 Å². The Bertz CT molecular complexity index is 421. The van der Waals surface area contributed by atoms with Crippen LogP contribution in [-0.2, 0) is 0 Å². The van der Waals surface area contributed by atoms with Crippen LogP contribution in [0.1, 0.15) is 43.9 Å². The zero-order valence-electron chi connectivity index (χ0n) is 13.3. The Morgan fingerprint density at radius 1 is 1.40 bits per heavy atom. The number of hydrogen-bond donors (Lipinski definition) is 1. The fraction of sp³-hybridized carbons (Fsp3) is 0.857. The number of hydrogen-bond acceptors (Lipinski definition) is 6. The number of likely N-dealkylation sites (N-methyl/N-ethyl adjacent to an activating group) is 3. The molecule has 3 unspecified atom stereocenters. The monoisotopic (exact) mass is 281 g/mol. The molecule has 0 spiro atoms. The average Bonchev–Trinajstić information content (AvgIpc) is 2.91. The summed E-state index contributed by atoms with van der Waals surface area (Å²) in [6.07, 6.45) is 0.990. The molecule has 1 saturated heterocycles. The smallest absolute Gasteiger partial charge is 0.231 e. The van der Waals surface area contributed by atoms with Gasteiger partial charge in [0.25, 0.3) is 0 Å². The van der Waals surface area contributed by atoms with Gasteiger partial charge in [0.1, 0.15) is 0 Å². The maximum Gasteiger partial charge on any atom is 0.231 e. The highest BCUT2D eigenvalue weighted by atomic mass is 16.5. The first-order chi connectivity index (χ1) is 9.56. The van der Waals surface area contributed by atoms with Crippen molar-refractivity contribution in [1.82, 2.24) is 25.3 Å². The van der Waals surface area contributed by atoms with Gasteiger partial charge in [-0.2, -0.15) is 4.98 Å². The Kier molecular flexibility index (Phi) is 5.12. The normalized spacial score (nSPS) is 24.8. The first-order valence-corrected chi connectivity index (χ1v) is 7.46. The first-order valence-electron chi connectivity index (χ1n) is 7.46. The lowest BCUT2D eigenvalue weighted by Crippen LogP contribution is -2.45. The fourth-order valence-electron chi connectivity index (χ4n) is 2.77. The van der Waals surface area contributed by atoms with Crippen molar-refractivity contribution < 1.29 is 4.52 Å². The molecular formula is C14H27N5O. The largest absolute Gasteiger partial charge is 0.339 e. The van der Waals surface area contributed by atoms with Gasteiger partial charge in [-0.3, -0.25) is 4.90 Å². The van der Waals surface area contributed by atoms with E-state index in [4.69, 9.17) is 4.52 Å². The van der Waals surface area contributed by atoms with Crippen molar-refractivity contribution in [2.45, 2.75) is 38.3 Å². The fourth-order valence-corrected chi connectivity index (χ4v) is 2.77. The van der Waals surface area contributed by atoms with Crippen molar-refractivity contribution in [2.24, 2.45) is 0 Å². The van der Waals surface area contributed by atoms with E-state index in [1.165, 1.54) is 0 Å². The van der Waals surface area contributed by atoms with Crippen molar-refractivity contribution >= 4 is 0 Å². The minimum atomic E-state index is 0.230. The Labute approximate surface area is 121 Å². The van der Waals surface area contributed by atoms with Gasteiger partial charge in [0.15, 0.2) is 5.82 Å². The lowest BCUT2D eigenvalue weighted by atomic mass is 9.98. The molecule has 0 bridgehead atoms. The molecule has 0 aliphatic carbocycles. The third-order valence-electron chi connectivity index (χ3n) is 4.42. The summed E-state index contributed by atoms with van der Waals surface area (Å²) in [6.45, 7) is 7.39. The molecule has 3 atom stereocenters. The highest BCUT2D eigenvalue weighted by Crippen LogP contribution is 2.26. The molecule has 0 saturated carbocycles. The molecule has 20 heavy (non-hydrogen) atoms. The van der Waals surface area contributed by atoms with E-state index in [0.29, 0.717) is 6.04 Å². The second kappa shape index (κ2) is 6.65. The van der Waals surface area contributed by atoms with Gasteiger partial charge < -0.3 is 14.7 Å². The molecule has 0 radical (unpaired) electrons. The first kappa shape index (κ1) is 15.4. The molecule has 1 aromatic rings. The molecule has 6 heteroatoms. The second-order valence-corrected chi connectivity index (χ2v) is 5.84. The maximum atomic E-state index is 5.53. The van der Waals surface area contributed by atoms with E-state index in [-0.39, 0.29) is 12.0 Å². The van der Waals surface area contributed by atoms with Gasteiger partial charge in [0, 0.05) is 25.7 Å². The molecular weight excluding hydrogens is 254 g/mol. The van der Waals surface area contributed by atoms with Crippen LogP contribution < -0.4 is 5.32 Å².